The first-order valence-corrected chi connectivity index (χ1v) is 9.17. The summed E-state index contributed by atoms with van der Waals surface area (Å²) >= 11 is 1.02. The zero-order chi connectivity index (χ0) is 19.2. The number of ketones is 1. The van der Waals surface area contributed by atoms with Gasteiger partial charge in [-0.3, -0.25) is 4.79 Å². The van der Waals surface area contributed by atoms with E-state index in [0.717, 1.165) is 23.4 Å². The second-order valence-electron chi connectivity index (χ2n) is 6.45. The van der Waals surface area contributed by atoms with Gasteiger partial charge in [-0.2, -0.15) is 13.2 Å². The van der Waals surface area contributed by atoms with E-state index in [1.807, 2.05) is 6.92 Å². The van der Waals surface area contributed by atoms with Gasteiger partial charge >= 0.3 is 6.18 Å². The number of halogens is 3. The number of hydrogen-bond acceptors (Lipinski definition) is 6. The Hall–Kier alpha value is -1.97. The van der Waals surface area contributed by atoms with Gasteiger partial charge in [-0.15, -0.1) is 0 Å². The number of ether oxygens (including phenoxy) is 2. The Kier molecular flexibility index (Phi) is 4.69. The third kappa shape index (κ3) is 3.85. The average Bonchev–Trinajstić information content (AvgIpc) is 3.05. The van der Waals surface area contributed by atoms with Crippen molar-refractivity contribution >= 4 is 17.5 Å². The predicted octanol–water partition coefficient (Wildman–Crippen LogP) is 3.65. The fourth-order valence-electron chi connectivity index (χ4n) is 2.96. The summed E-state index contributed by atoms with van der Waals surface area (Å²) in [6, 6.07) is 7.98. The van der Waals surface area contributed by atoms with E-state index in [0.29, 0.717) is 5.56 Å². The third-order valence-corrected chi connectivity index (χ3v) is 5.56. The number of carbonyl (C=O) groups is 1. The lowest BCUT2D eigenvalue weighted by molar-refractivity contribution is -0.151. The van der Waals surface area contributed by atoms with Crippen molar-refractivity contribution in [3.05, 3.63) is 41.6 Å². The Balaban J connectivity index is 1.68. The molecule has 2 saturated heterocycles. The molecule has 4 rings (SSSR count). The molecular formula is C18H15F3N2O3S. The van der Waals surface area contributed by atoms with Crippen molar-refractivity contribution < 1.29 is 27.4 Å². The Morgan fingerprint density at radius 3 is 2.63 bits per heavy atom. The Labute approximate surface area is 157 Å². The van der Waals surface area contributed by atoms with Crippen molar-refractivity contribution in [3.8, 4) is 11.3 Å². The minimum Gasteiger partial charge on any atom is -0.343 e. The summed E-state index contributed by atoms with van der Waals surface area (Å²) in [5.74, 6) is -0.216. The maximum absolute atomic E-state index is 13.3. The molecule has 2 aromatic rings. The molecule has 0 spiro atoms. The first kappa shape index (κ1) is 18.4. The SMILES string of the molecule is Cc1ccc(-c2cc(C(F)(F)F)nc(S[C@@H]3CC(=O)[C@H]4OC[C@@H]3O4)n2)cc1. The van der Waals surface area contributed by atoms with Crippen molar-refractivity contribution in [2.45, 2.75) is 42.3 Å². The van der Waals surface area contributed by atoms with Gasteiger partial charge in [-0.1, -0.05) is 41.6 Å². The molecule has 0 amide bonds. The smallest absolute Gasteiger partial charge is 0.343 e. The van der Waals surface area contributed by atoms with Gasteiger partial charge in [-0.25, -0.2) is 9.97 Å². The molecule has 2 aliphatic heterocycles. The molecule has 1 aromatic carbocycles. The van der Waals surface area contributed by atoms with Crippen molar-refractivity contribution in [1.82, 2.24) is 9.97 Å². The number of alkyl halides is 3. The number of nitrogens with zero attached hydrogens (tertiary/aromatic N) is 2. The number of carbonyl (C=O) groups excluding carboxylic acids is 1. The maximum Gasteiger partial charge on any atom is 0.433 e. The van der Waals surface area contributed by atoms with Gasteiger partial charge < -0.3 is 9.47 Å². The number of benzene rings is 1. The van der Waals surface area contributed by atoms with Gasteiger partial charge in [0.15, 0.2) is 10.9 Å². The number of aromatic nitrogens is 2. The first-order valence-electron chi connectivity index (χ1n) is 8.29. The lowest BCUT2D eigenvalue weighted by Gasteiger charge is -2.25. The van der Waals surface area contributed by atoms with E-state index in [1.54, 1.807) is 24.3 Å². The highest BCUT2D eigenvalue weighted by Gasteiger charge is 2.44. The summed E-state index contributed by atoms with van der Waals surface area (Å²) in [6.45, 7) is 2.13. The van der Waals surface area contributed by atoms with Crippen LogP contribution in [-0.2, 0) is 20.4 Å². The lowest BCUT2D eigenvalue weighted by Crippen LogP contribution is -2.37. The summed E-state index contributed by atoms with van der Waals surface area (Å²) < 4.78 is 50.6. The van der Waals surface area contributed by atoms with Gasteiger partial charge in [0.25, 0.3) is 0 Å². The predicted molar refractivity (Wildman–Crippen MR) is 91.1 cm³/mol. The largest absolute Gasteiger partial charge is 0.433 e. The number of thioether (sulfide) groups is 1. The summed E-state index contributed by atoms with van der Waals surface area (Å²) in [4.78, 5) is 19.9. The highest BCUT2D eigenvalue weighted by molar-refractivity contribution is 7.99. The molecule has 27 heavy (non-hydrogen) atoms. The second-order valence-corrected chi connectivity index (χ2v) is 7.66. The highest BCUT2D eigenvalue weighted by Crippen LogP contribution is 2.37. The third-order valence-electron chi connectivity index (χ3n) is 4.39. The first-order chi connectivity index (χ1) is 12.8. The molecule has 9 heteroatoms. The van der Waals surface area contributed by atoms with Crippen molar-refractivity contribution in [2.24, 2.45) is 0 Å². The van der Waals surface area contributed by atoms with Gasteiger partial charge in [0.2, 0.25) is 6.29 Å². The number of aryl methyl sites for hydroxylation is 1. The van der Waals surface area contributed by atoms with Crippen LogP contribution in [0.4, 0.5) is 13.2 Å². The van der Waals surface area contributed by atoms with Crippen LogP contribution in [0.2, 0.25) is 0 Å². The number of rotatable bonds is 3. The molecule has 142 valence electrons. The van der Waals surface area contributed by atoms with Gasteiger partial charge in [-0.05, 0) is 13.0 Å². The van der Waals surface area contributed by atoms with Crippen LogP contribution in [0.25, 0.3) is 11.3 Å². The van der Waals surface area contributed by atoms with Crippen molar-refractivity contribution in [1.29, 1.82) is 0 Å². The summed E-state index contributed by atoms with van der Waals surface area (Å²) in [7, 11) is 0. The van der Waals surface area contributed by atoms with E-state index in [-0.39, 0.29) is 41.0 Å². The fourth-order valence-corrected chi connectivity index (χ4v) is 4.07. The number of fused-ring (bicyclic) bond motifs is 2. The van der Waals surface area contributed by atoms with Crippen LogP contribution in [0.15, 0.2) is 35.5 Å². The molecular weight excluding hydrogens is 381 g/mol. The number of hydrogen-bond donors (Lipinski definition) is 0. The molecule has 0 N–H and O–H groups in total. The van der Waals surface area contributed by atoms with Crippen LogP contribution in [0.1, 0.15) is 17.7 Å². The molecule has 0 saturated carbocycles. The summed E-state index contributed by atoms with van der Waals surface area (Å²) in [6.07, 6.45) is -5.66. The molecule has 1 aromatic heterocycles. The summed E-state index contributed by atoms with van der Waals surface area (Å²) in [5.41, 5.74) is 0.727. The van der Waals surface area contributed by atoms with E-state index < -0.39 is 18.2 Å². The van der Waals surface area contributed by atoms with Crippen LogP contribution in [-0.4, -0.2) is 40.0 Å². The zero-order valence-electron chi connectivity index (χ0n) is 14.2. The standard InChI is InChI=1S/C18H15F3N2O3S/c1-9-2-4-10(5-3-9)11-6-15(18(19,20)21)23-17(22-11)27-14-7-12(24)16-25-8-13(14)26-16/h2-6,13-14,16H,7-8H2,1H3/t13-,14+,16-/m0/s1. The van der Waals surface area contributed by atoms with Crippen LogP contribution in [0, 0.1) is 6.92 Å². The molecule has 0 unspecified atom stereocenters. The fraction of sp³-hybridized carbons (Fsp3) is 0.389. The van der Waals surface area contributed by atoms with Gasteiger partial charge in [0, 0.05) is 17.2 Å². The molecule has 2 bridgehead atoms. The van der Waals surface area contributed by atoms with E-state index >= 15 is 0 Å². The topological polar surface area (TPSA) is 61.3 Å². The second kappa shape index (κ2) is 6.88. The molecule has 3 heterocycles. The van der Waals surface area contributed by atoms with Gasteiger partial charge in [0.05, 0.1) is 18.4 Å². The highest BCUT2D eigenvalue weighted by atomic mass is 32.2. The summed E-state index contributed by atoms with van der Waals surface area (Å²) in [5, 5.41) is -0.419. The maximum atomic E-state index is 13.3. The Morgan fingerprint density at radius 2 is 1.93 bits per heavy atom. The lowest BCUT2D eigenvalue weighted by atomic mass is 10.1. The van der Waals surface area contributed by atoms with E-state index in [4.69, 9.17) is 9.47 Å². The van der Waals surface area contributed by atoms with Crippen LogP contribution in [0.5, 0.6) is 0 Å². The average molecular weight is 396 g/mol. The van der Waals surface area contributed by atoms with E-state index in [1.165, 1.54) is 0 Å². The molecule has 5 nitrogen and oxygen atoms in total. The zero-order valence-corrected chi connectivity index (χ0v) is 15.0. The van der Waals surface area contributed by atoms with E-state index in [9.17, 15) is 18.0 Å². The van der Waals surface area contributed by atoms with Crippen LogP contribution >= 0.6 is 11.8 Å². The van der Waals surface area contributed by atoms with Crippen LogP contribution < -0.4 is 0 Å². The molecule has 2 fully saturated rings. The molecule has 0 radical (unpaired) electrons. The monoisotopic (exact) mass is 396 g/mol. The quantitative estimate of drug-likeness (QED) is 0.739. The normalized spacial score (nSPS) is 25.0. The van der Waals surface area contributed by atoms with Crippen LogP contribution in [0.3, 0.4) is 0 Å². The van der Waals surface area contributed by atoms with Gasteiger partial charge in [0.1, 0.15) is 5.69 Å². The van der Waals surface area contributed by atoms with Crippen molar-refractivity contribution in [3.63, 3.8) is 0 Å². The minimum atomic E-state index is -4.60. The Morgan fingerprint density at radius 1 is 1.19 bits per heavy atom. The molecule has 0 aliphatic carbocycles. The van der Waals surface area contributed by atoms with E-state index in [2.05, 4.69) is 9.97 Å². The Bertz CT molecular complexity index is 873. The minimum absolute atomic E-state index is 0.0350. The molecule has 3 atom stereocenters. The number of Topliss-reactive ketones (excluding diaryl/α,β-unsaturated/α-hetero) is 1. The van der Waals surface area contributed by atoms with Crippen molar-refractivity contribution in [2.75, 3.05) is 6.61 Å². The molecule has 2 aliphatic rings.